The molecule has 26 heavy (non-hydrogen) atoms. The summed E-state index contributed by atoms with van der Waals surface area (Å²) in [7, 11) is 5.09. The summed E-state index contributed by atoms with van der Waals surface area (Å²) in [5.74, 6) is -0.746. The highest BCUT2D eigenvalue weighted by Gasteiger charge is 2.15. The maximum Gasteiger partial charge on any atom is 0.322 e. The number of nitrogens with one attached hydrogen (secondary N) is 1. The van der Waals surface area contributed by atoms with Crippen LogP contribution in [-0.2, 0) is 16.0 Å². The van der Waals surface area contributed by atoms with Crippen molar-refractivity contribution in [3.8, 4) is 0 Å². The molecule has 0 unspecified atom stereocenters. The molecule has 0 saturated carbocycles. The van der Waals surface area contributed by atoms with Crippen molar-refractivity contribution in [1.29, 1.82) is 0 Å². The van der Waals surface area contributed by atoms with Gasteiger partial charge in [-0.2, -0.15) is 0 Å². The van der Waals surface area contributed by atoms with E-state index in [1.165, 1.54) is 7.11 Å². The van der Waals surface area contributed by atoms with Gasteiger partial charge in [-0.25, -0.2) is 0 Å². The van der Waals surface area contributed by atoms with Crippen molar-refractivity contribution < 1.29 is 14.3 Å². The Morgan fingerprint density at radius 2 is 1.81 bits per heavy atom. The van der Waals surface area contributed by atoms with Gasteiger partial charge in [-0.3, -0.25) is 9.59 Å². The number of amides is 1. The lowest BCUT2D eigenvalue weighted by molar-refractivity contribution is -0.142. The van der Waals surface area contributed by atoms with Gasteiger partial charge in [0.25, 0.3) is 5.91 Å². The van der Waals surface area contributed by atoms with Crippen LogP contribution in [-0.4, -0.2) is 39.1 Å². The Morgan fingerprint density at radius 1 is 1.15 bits per heavy atom. The van der Waals surface area contributed by atoms with E-state index < -0.39 is 12.0 Å². The highest BCUT2D eigenvalue weighted by atomic mass is 16.5. The van der Waals surface area contributed by atoms with Crippen LogP contribution in [0.5, 0.6) is 0 Å². The number of ether oxygens (including phenoxy) is 1. The van der Waals surface area contributed by atoms with Gasteiger partial charge in [0.05, 0.1) is 12.7 Å². The number of anilines is 3. The summed E-state index contributed by atoms with van der Waals surface area (Å²) in [6, 6.07) is 11.7. The van der Waals surface area contributed by atoms with Crippen LogP contribution in [0.4, 0.5) is 17.1 Å². The standard InChI is InChI=1S/C19H24N4O3/c1-23(2)14-8-9-16(20)15(11-14)18(24)22-13-6-4-12(5-7-13)10-17(21)19(25)26-3/h4-9,11,17H,10,20-21H2,1-3H3,(H,22,24)/t17-/m0/s1. The van der Waals surface area contributed by atoms with E-state index in [1.54, 1.807) is 36.4 Å². The molecule has 2 aromatic rings. The third-order valence-electron chi connectivity index (χ3n) is 3.97. The third kappa shape index (κ3) is 4.73. The molecule has 0 fully saturated rings. The van der Waals surface area contributed by atoms with Gasteiger partial charge >= 0.3 is 5.97 Å². The molecular weight excluding hydrogens is 332 g/mol. The van der Waals surface area contributed by atoms with Crippen molar-refractivity contribution in [3.05, 3.63) is 53.6 Å². The van der Waals surface area contributed by atoms with E-state index in [-0.39, 0.29) is 5.91 Å². The van der Waals surface area contributed by atoms with Crippen molar-refractivity contribution in [2.45, 2.75) is 12.5 Å². The Bertz CT molecular complexity index is 788. The van der Waals surface area contributed by atoms with Gasteiger partial charge in [0.15, 0.2) is 0 Å². The highest BCUT2D eigenvalue weighted by molar-refractivity contribution is 6.08. The van der Waals surface area contributed by atoms with Crippen molar-refractivity contribution in [2.24, 2.45) is 5.73 Å². The zero-order valence-electron chi connectivity index (χ0n) is 15.2. The Morgan fingerprint density at radius 3 is 2.38 bits per heavy atom. The second kappa shape index (κ2) is 8.35. The number of carbonyl (C=O) groups is 2. The molecule has 1 atom stereocenters. The van der Waals surface area contributed by atoms with Gasteiger partial charge in [0.1, 0.15) is 6.04 Å². The van der Waals surface area contributed by atoms with Gasteiger partial charge in [0.2, 0.25) is 0 Å². The smallest absolute Gasteiger partial charge is 0.322 e. The van der Waals surface area contributed by atoms with Crippen LogP contribution in [0.1, 0.15) is 15.9 Å². The summed E-state index contributed by atoms with van der Waals surface area (Å²) in [6.07, 6.45) is 0.360. The Kier molecular flexibility index (Phi) is 6.19. The fourth-order valence-electron chi connectivity index (χ4n) is 2.43. The van der Waals surface area contributed by atoms with Crippen molar-refractivity contribution >= 4 is 28.9 Å². The third-order valence-corrected chi connectivity index (χ3v) is 3.97. The van der Waals surface area contributed by atoms with E-state index in [4.69, 9.17) is 11.5 Å². The molecule has 5 N–H and O–H groups in total. The minimum absolute atomic E-state index is 0.287. The molecule has 0 aromatic heterocycles. The van der Waals surface area contributed by atoms with Crippen LogP contribution in [0.15, 0.2) is 42.5 Å². The largest absolute Gasteiger partial charge is 0.468 e. The van der Waals surface area contributed by atoms with Gasteiger partial charge in [-0.1, -0.05) is 12.1 Å². The number of rotatable bonds is 6. The molecule has 0 aliphatic rings. The lowest BCUT2D eigenvalue weighted by Crippen LogP contribution is -2.33. The first kappa shape index (κ1) is 19.3. The van der Waals surface area contributed by atoms with E-state index in [2.05, 4.69) is 10.1 Å². The molecule has 0 bridgehead atoms. The average molecular weight is 356 g/mol. The summed E-state index contributed by atoms with van der Waals surface area (Å²) < 4.78 is 4.61. The molecular formula is C19H24N4O3. The molecule has 2 rings (SSSR count). The summed E-state index contributed by atoms with van der Waals surface area (Å²) >= 11 is 0. The van der Waals surface area contributed by atoms with Crippen molar-refractivity contribution in [1.82, 2.24) is 0 Å². The molecule has 0 heterocycles. The Hall–Kier alpha value is -3.06. The summed E-state index contributed by atoms with van der Waals surface area (Å²) in [4.78, 5) is 25.8. The summed E-state index contributed by atoms with van der Waals surface area (Å²) in [5.41, 5.74) is 14.9. The van der Waals surface area contributed by atoms with Crippen molar-refractivity contribution in [2.75, 3.05) is 37.2 Å². The van der Waals surface area contributed by atoms with Crippen LogP contribution in [0.25, 0.3) is 0 Å². The minimum atomic E-state index is -0.714. The van der Waals surface area contributed by atoms with Crippen LogP contribution < -0.4 is 21.7 Å². The van der Waals surface area contributed by atoms with Gasteiger partial charge in [0, 0.05) is 31.2 Å². The van der Waals surface area contributed by atoms with E-state index in [0.717, 1.165) is 11.3 Å². The molecule has 0 spiro atoms. The second-order valence-electron chi connectivity index (χ2n) is 6.15. The van der Waals surface area contributed by atoms with Crippen molar-refractivity contribution in [3.63, 3.8) is 0 Å². The molecule has 2 aromatic carbocycles. The van der Waals surface area contributed by atoms with Gasteiger partial charge in [-0.05, 0) is 42.3 Å². The SMILES string of the molecule is COC(=O)[C@@H](N)Cc1ccc(NC(=O)c2cc(N(C)C)ccc2N)cc1. The van der Waals surface area contributed by atoms with E-state index in [1.807, 2.05) is 25.1 Å². The molecule has 7 nitrogen and oxygen atoms in total. The molecule has 1 amide bonds. The summed E-state index contributed by atoms with van der Waals surface area (Å²) in [6.45, 7) is 0. The maximum absolute atomic E-state index is 12.5. The normalized spacial score (nSPS) is 11.5. The minimum Gasteiger partial charge on any atom is -0.468 e. The number of hydrogen-bond donors (Lipinski definition) is 3. The molecule has 0 saturated heterocycles. The van der Waals surface area contributed by atoms with Gasteiger partial charge in [-0.15, -0.1) is 0 Å². The van der Waals surface area contributed by atoms with Crippen LogP contribution in [0.2, 0.25) is 0 Å². The average Bonchev–Trinajstić information content (AvgIpc) is 2.62. The molecule has 7 heteroatoms. The van der Waals surface area contributed by atoms with Gasteiger partial charge < -0.3 is 26.4 Å². The number of nitrogens with two attached hydrogens (primary N) is 2. The Balaban J connectivity index is 2.08. The molecule has 0 aliphatic carbocycles. The topological polar surface area (TPSA) is 111 Å². The number of nitrogen functional groups attached to an aromatic ring is 1. The predicted molar refractivity (Wildman–Crippen MR) is 103 cm³/mol. The summed E-state index contributed by atoms with van der Waals surface area (Å²) in [5, 5.41) is 2.82. The van der Waals surface area contributed by atoms with Crippen LogP contribution >= 0.6 is 0 Å². The van der Waals surface area contributed by atoms with E-state index in [9.17, 15) is 9.59 Å². The van der Waals surface area contributed by atoms with E-state index in [0.29, 0.717) is 23.4 Å². The fourth-order valence-corrected chi connectivity index (χ4v) is 2.43. The zero-order valence-corrected chi connectivity index (χ0v) is 15.2. The number of methoxy groups -OCH3 is 1. The predicted octanol–water partition coefficient (Wildman–Crippen LogP) is 1.63. The molecule has 0 aliphatic heterocycles. The monoisotopic (exact) mass is 356 g/mol. The number of carbonyl (C=O) groups excluding carboxylic acids is 2. The Labute approximate surface area is 152 Å². The lowest BCUT2D eigenvalue weighted by atomic mass is 10.1. The van der Waals surface area contributed by atoms with Crippen LogP contribution in [0.3, 0.4) is 0 Å². The maximum atomic E-state index is 12.5. The number of esters is 1. The molecule has 138 valence electrons. The second-order valence-corrected chi connectivity index (χ2v) is 6.15. The number of nitrogens with zero attached hydrogens (tertiary/aromatic N) is 1. The number of hydrogen-bond acceptors (Lipinski definition) is 6. The lowest BCUT2D eigenvalue weighted by Gasteiger charge is -2.15. The first-order valence-corrected chi connectivity index (χ1v) is 8.12. The zero-order chi connectivity index (χ0) is 19.3. The molecule has 0 radical (unpaired) electrons. The fraction of sp³-hybridized carbons (Fsp3) is 0.263. The first-order valence-electron chi connectivity index (χ1n) is 8.12. The van der Waals surface area contributed by atoms with Crippen LogP contribution in [0, 0.1) is 0 Å². The number of benzene rings is 2. The highest BCUT2D eigenvalue weighted by Crippen LogP contribution is 2.21. The first-order chi connectivity index (χ1) is 12.3. The quantitative estimate of drug-likeness (QED) is 0.536. The van der Waals surface area contributed by atoms with E-state index >= 15 is 0 Å².